The minimum Gasteiger partial charge on any atom is -0.420 e. The Labute approximate surface area is 151 Å². The number of hydrogen-bond donors (Lipinski definition) is 0. The number of rotatable bonds is 4. The first kappa shape index (κ1) is 18.3. The summed E-state index contributed by atoms with van der Waals surface area (Å²) in [5, 5.41) is 0.333. The third kappa shape index (κ3) is 4.96. The summed E-state index contributed by atoms with van der Waals surface area (Å²) in [7, 11) is 0. The molecule has 0 bridgehead atoms. The highest BCUT2D eigenvalue weighted by molar-refractivity contribution is 6.40. The van der Waals surface area contributed by atoms with Gasteiger partial charge in [-0.05, 0) is 24.3 Å². The number of halogens is 4. The lowest BCUT2D eigenvalue weighted by atomic mass is 10.3. The van der Waals surface area contributed by atoms with E-state index in [0.717, 1.165) is 18.2 Å². The summed E-state index contributed by atoms with van der Waals surface area (Å²) in [6, 6.07) is 8.02. The molecule has 24 heavy (non-hydrogen) atoms. The SMILES string of the molecule is O=C(/C=C/C(=O)Oc1c(Cl)cc(Cl)cc1Cl)Oc1ccccc1F. The molecule has 0 aromatic heterocycles. The van der Waals surface area contributed by atoms with Gasteiger partial charge in [0, 0.05) is 17.2 Å². The second-order valence-electron chi connectivity index (χ2n) is 4.30. The Morgan fingerprint density at radius 2 is 1.46 bits per heavy atom. The Hall–Kier alpha value is -2.08. The third-order valence-corrected chi connectivity index (χ3v) is 3.35. The quantitative estimate of drug-likeness (QED) is 0.426. The van der Waals surface area contributed by atoms with E-state index in [0.29, 0.717) is 0 Å². The highest BCUT2D eigenvalue weighted by Gasteiger charge is 2.13. The van der Waals surface area contributed by atoms with E-state index in [9.17, 15) is 14.0 Å². The van der Waals surface area contributed by atoms with Gasteiger partial charge in [0.25, 0.3) is 0 Å². The van der Waals surface area contributed by atoms with E-state index in [1.807, 2.05) is 0 Å². The first-order valence-corrected chi connectivity index (χ1v) is 7.51. The molecule has 124 valence electrons. The van der Waals surface area contributed by atoms with Crippen LogP contribution in [0.25, 0.3) is 0 Å². The Kier molecular flexibility index (Phi) is 6.20. The largest absolute Gasteiger partial charge is 0.420 e. The van der Waals surface area contributed by atoms with E-state index in [1.165, 1.54) is 30.3 Å². The van der Waals surface area contributed by atoms with Crippen molar-refractivity contribution in [2.75, 3.05) is 0 Å². The maximum atomic E-state index is 13.3. The highest BCUT2D eigenvalue weighted by Crippen LogP contribution is 2.35. The molecule has 0 aliphatic carbocycles. The van der Waals surface area contributed by atoms with E-state index in [1.54, 1.807) is 0 Å². The molecular formula is C16H8Cl3FO4. The smallest absolute Gasteiger partial charge is 0.336 e. The number of carbonyl (C=O) groups is 2. The molecule has 0 N–H and O–H groups in total. The molecule has 0 heterocycles. The number of benzene rings is 2. The van der Waals surface area contributed by atoms with Gasteiger partial charge in [-0.3, -0.25) is 0 Å². The molecule has 0 spiro atoms. The normalized spacial score (nSPS) is 10.7. The summed E-state index contributed by atoms with van der Waals surface area (Å²) < 4.78 is 23.0. The zero-order valence-electron chi connectivity index (χ0n) is 11.8. The average Bonchev–Trinajstić information content (AvgIpc) is 2.51. The molecule has 8 heteroatoms. The lowest BCUT2D eigenvalue weighted by Gasteiger charge is -2.06. The van der Waals surface area contributed by atoms with Gasteiger partial charge in [-0.15, -0.1) is 0 Å². The van der Waals surface area contributed by atoms with Crippen molar-refractivity contribution in [3.05, 3.63) is 69.4 Å². The van der Waals surface area contributed by atoms with Crippen LogP contribution in [0.15, 0.2) is 48.6 Å². The molecule has 2 aromatic rings. The van der Waals surface area contributed by atoms with Crippen molar-refractivity contribution in [2.45, 2.75) is 0 Å². The standard InChI is InChI=1S/C16H8Cl3FO4/c17-9-7-10(18)16(11(19)8-9)24-15(22)6-5-14(21)23-13-4-2-1-3-12(13)20/h1-8H/b6-5+. The van der Waals surface area contributed by atoms with E-state index < -0.39 is 17.8 Å². The van der Waals surface area contributed by atoms with Crippen LogP contribution in [0, 0.1) is 5.82 Å². The lowest BCUT2D eigenvalue weighted by Crippen LogP contribution is -2.09. The van der Waals surface area contributed by atoms with Gasteiger partial charge >= 0.3 is 11.9 Å². The summed E-state index contributed by atoms with van der Waals surface area (Å²) >= 11 is 17.5. The zero-order chi connectivity index (χ0) is 17.7. The van der Waals surface area contributed by atoms with Gasteiger partial charge in [0.05, 0.1) is 10.0 Å². The molecule has 0 aliphatic rings. The fourth-order valence-corrected chi connectivity index (χ4v) is 2.46. The minimum absolute atomic E-state index is 0.0307. The summed E-state index contributed by atoms with van der Waals surface area (Å²) in [4.78, 5) is 23.2. The molecule has 2 aromatic carbocycles. The van der Waals surface area contributed by atoms with E-state index in [4.69, 9.17) is 44.3 Å². The first-order chi connectivity index (χ1) is 11.4. The molecule has 0 atom stereocenters. The highest BCUT2D eigenvalue weighted by atomic mass is 35.5. The molecular weight excluding hydrogens is 382 g/mol. The van der Waals surface area contributed by atoms with Crippen LogP contribution in [0.1, 0.15) is 0 Å². The number of carbonyl (C=O) groups excluding carboxylic acids is 2. The second kappa shape index (κ2) is 8.15. The summed E-state index contributed by atoms with van der Waals surface area (Å²) in [6.07, 6.45) is 1.58. The van der Waals surface area contributed by atoms with Crippen LogP contribution in [0.3, 0.4) is 0 Å². The molecule has 0 fully saturated rings. The monoisotopic (exact) mass is 388 g/mol. The Balaban J connectivity index is 2.01. The third-order valence-electron chi connectivity index (χ3n) is 2.57. The Morgan fingerprint density at radius 1 is 0.917 bits per heavy atom. The van der Waals surface area contributed by atoms with Gasteiger partial charge in [0.1, 0.15) is 0 Å². The molecule has 0 amide bonds. The number of para-hydroxylation sites is 1. The van der Waals surface area contributed by atoms with Crippen LogP contribution in [-0.4, -0.2) is 11.9 Å². The second-order valence-corrected chi connectivity index (χ2v) is 5.56. The predicted octanol–water partition coefficient (Wildman–Crippen LogP) is 4.85. The van der Waals surface area contributed by atoms with Crippen molar-refractivity contribution in [1.29, 1.82) is 0 Å². The van der Waals surface area contributed by atoms with Crippen LogP contribution < -0.4 is 9.47 Å². The van der Waals surface area contributed by atoms with Gasteiger partial charge in [0.15, 0.2) is 17.3 Å². The number of esters is 2. The fourth-order valence-electron chi connectivity index (χ4n) is 1.57. The topological polar surface area (TPSA) is 52.6 Å². The zero-order valence-corrected chi connectivity index (χ0v) is 14.0. The van der Waals surface area contributed by atoms with Gasteiger partial charge in [-0.25, -0.2) is 14.0 Å². The molecule has 0 unspecified atom stereocenters. The molecule has 0 saturated heterocycles. The minimum atomic E-state index is -0.953. The molecule has 0 aliphatic heterocycles. The first-order valence-electron chi connectivity index (χ1n) is 6.37. The lowest BCUT2D eigenvalue weighted by molar-refractivity contribution is -0.131. The van der Waals surface area contributed by atoms with Crippen LogP contribution in [-0.2, 0) is 9.59 Å². The Bertz CT molecular complexity index is 798. The maximum Gasteiger partial charge on any atom is 0.336 e. The summed E-state index contributed by atoms with van der Waals surface area (Å²) in [6.45, 7) is 0. The predicted molar refractivity (Wildman–Crippen MR) is 88.3 cm³/mol. The molecule has 0 radical (unpaired) electrons. The average molecular weight is 390 g/mol. The van der Waals surface area contributed by atoms with Crippen molar-refractivity contribution in [3.63, 3.8) is 0 Å². The Morgan fingerprint density at radius 3 is 2.04 bits per heavy atom. The van der Waals surface area contributed by atoms with E-state index in [-0.39, 0.29) is 26.6 Å². The van der Waals surface area contributed by atoms with E-state index >= 15 is 0 Å². The van der Waals surface area contributed by atoms with Crippen LogP contribution in [0.2, 0.25) is 15.1 Å². The van der Waals surface area contributed by atoms with Gasteiger partial charge in [0.2, 0.25) is 0 Å². The van der Waals surface area contributed by atoms with Gasteiger partial charge in [-0.1, -0.05) is 46.9 Å². The van der Waals surface area contributed by atoms with E-state index in [2.05, 4.69) is 0 Å². The summed E-state index contributed by atoms with van der Waals surface area (Å²) in [5.74, 6) is -2.94. The van der Waals surface area contributed by atoms with Crippen molar-refractivity contribution in [1.82, 2.24) is 0 Å². The fraction of sp³-hybridized carbons (Fsp3) is 0. The number of hydrogen-bond acceptors (Lipinski definition) is 4. The van der Waals surface area contributed by atoms with Gasteiger partial charge < -0.3 is 9.47 Å². The maximum absolute atomic E-state index is 13.3. The van der Waals surface area contributed by atoms with Gasteiger partial charge in [-0.2, -0.15) is 0 Å². The number of ether oxygens (including phenoxy) is 2. The van der Waals surface area contributed by atoms with Crippen molar-refractivity contribution in [2.24, 2.45) is 0 Å². The van der Waals surface area contributed by atoms with Crippen molar-refractivity contribution < 1.29 is 23.5 Å². The van der Waals surface area contributed by atoms with Crippen molar-refractivity contribution >= 4 is 46.7 Å². The molecule has 2 rings (SSSR count). The van der Waals surface area contributed by atoms with Crippen molar-refractivity contribution in [3.8, 4) is 11.5 Å². The molecule has 0 saturated carbocycles. The summed E-state index contributed by atoms with van der Waals surface area (Å²) in [5.41, 5.74) is 0. The van der Waals surface area contributed by atoms with Crippen LogP contribution in [0.5, 0.6) is 11.5 Å². The van der Waals surface area contributed by atoms with Crippen LogP contribution in [0.4, 0.5) is 4.39 Å². The van der Waals surface area contributed by atoms with Crippen LogP contribution >= 0.6 is 34.8 Å². The molecule has 4 nitrogen and oxygen atoms in total.